The molecule has 8 nitrogen and oxygen atoms in total. The minimum absolute atomic E-state index is 0.0683. The number of amidine groups is 2. The summed E-state index contributed by atoms with van der Waals surface area (Å²) in [4.78, 5) is 14.2. The van der Waals surface area contributed by atoms with Crippen molar-refractivity contribution in [3.8, 4) is 0 Å². The van der Waals surface area contributed by atoms with E-state index in [0.717, 1.165) is 0 Å². The third-order valence-corrected chi connectivity index (χ3v) is 2.41. The third kappa shape index (κ3) is 3.49. The Morgan fingerprint density at radius 1 is 1.53 bits per heavy atom. The molecule has 0 saturated heterocycles. The fourth-order valence-corrected chi connectivity index (χ4v) is 1.49. The van der Waals surface area contributed by atoms with E-state index in [2.05, 4.69) is 20.8 Å². The van der Waals surface area contributed by atoms with Gasteiger partial charge < -0.3 is 20.5 Å². The number of anilines is 1. The van der Waals surface area contributed by atoms with Crippen LogP contribution >= 0.6 is 0 Å². The molecule has 0 fully saturated rings. The zero-order chi connectivity index (χ0) is 13.7. The number of nitro groups is 1. The number of hydrogen-bond donors (Lipinski definition) is 3. The molecule has 0 amide bonds. The first-order valence-corrected chi connectivity index (χ1v) is 5.66. The average molecular weight is 263 g/mol. The number of nitrogens with one attached hydrogen (secondary N) is 2. The van der Waals surface area contributed by atoms with E-state index in [1.807, 2.05) is 6.07 Å². The SMILES string of the molecule is O=[N+]([O-])/C(=N\Nc1ccccc1)C1=NCC(O)CN1. The number of benzene rings is 1. The van der Waals surface area contributed by atoms with E-state index in [-0.39, 0.29) is 18.9 Å². The average Bonchev–Trinajstić information content (AvgIpc) is 2.42. The van der Waals surface area contributed by atoms with Crippen molar-refractivity contribution in [1.29, 1.82) is 0 Å². The Labute approximate surface area is 109 Å². The maximum Gasteiger partial charge on any atom is 0.430 e. The van der Waals surface area contributed by atoms with Crippen molar-refractivity contribution in [2.24, 2.45) is 10.1 Å². The smallest absolute Gasteiger partial charge is 0.389 e. The lowest BCUT2D eigenvalue weighted by molar-refractivity contribution is -0.346. The van der Waals surface area contributed by atoms with Gasteiger partial charge in [-0.3, -0.25) is 4.99 Å². The van der Waals surface area contributed by atoms with Crippen LogP contribution in [-0.4, -0.2) is 40.9 Å². The highest BCUT2D eigenvalue weighted by Gasteiger charge is 2.25. The van der Waals surface area contributed by atoms with E-state index in [0.29, 0.717) is 5.69 Å². The fourth-order valence-electron chi connectivity index (χ4n) is 1.49. The molecule has 1 aromatic rings. The molecular weight excluding hydrogens is 250 g/mol. The topological polar surface area (TPSA) is 112 Å². The molecule has 0 aliphatic carbocycles. The summed E-state index contributed by atoms with van der Waals surface area (Å²) in [5.41, 5.74) is 3.23. The second-order valence-electron chi connectivity index (χ2n) is 3.89. The van der Waals surface area contributed by atoms with E-state index < -0.39 is 16.9 Å². The molecule has 0 saturated carbocycles. The molecule has 1 aliphatic heterocycles. The number of nitrogens with zero attached hydrogens (tertiary/aromatic N) is 3. The van der Waals surface area contributed by atoms with Crippen LogP contribution in [0.3, 0.4) is 0 Å². The van der Waals surface area contributed by atoms with Gasteiger partial charge in [-0.05, 0) is 17.1 Å². The Hall–Kier alpha value is -2.48. The first-order chi connectivity index (χ1) is 9.16. The Morgan fingerprint density at radius 3 is 2.84 bits per heavy atom. The fraction of sp³-hybridized carbons (Fsp3) is 0.273. The van der Waals surface area contributed by atoms with Gasteiger partial charge in [-0.2, -0.15) is 5.43 Å². The highest BCUT2D eigenvalue weighted by molar-refractivity contribution is 6.37. The van der Waals surface area contributed by atoms with Crippen LogP contribution in [0, 0.1) is 10.1 Å². The van der Waals surface area contributed by atoms with Gasteiger partial charge in [-0.25, -0.2) is 0 Å². The summed E-state index contributed by atoms with van der Waals surface area (Å²) in [5.74, 6) is -0.338. The predicted octanol–water partition coefficient (Wildman–Crippen LogP) is 0.0513. The predicted molar refractivity (Wildman–Crippen MR) is 70.8 cm³/mol. The number of hydrogen-bond acceptors (Lipinski definition) is 7. The maximum absolute atomic E-state index is 11.0. The van der Waals surface area contributed by atoms with Gasteiger partial charge in [0.1, 0.15) is 0 Å². The molecule has 19 heavy (non-hydrogen) atoms. The summed E-state index contributed by atoms with van der Waals surface area (Å²) in [6, 6.07) is 8.88. The van der Waals surface area contributed by atoms with Gasteiger partial charge in [0.05, 0.1) is 23.4 Å². The molecule has 100 valence electrons. The van der Waals surface area contributed by atoms with Crippen LogP contribution in [0.1, 0.15) is 0 Å². The lowest BCUT2D eigenvalue weighted by Gasteiger charge is -2.16. The molecule has 1 aromatic carbocycles. The van der Waals surface area contributed by atoms with Crippen molar-refractivity contribution in [2.45, 2.75) is 6.10 Å². The van der Waals surface area contributed by atoms with Gasteiger partial charge >= 0.3 is 5.84 Å². The van der Waals surface area contributed by atoms with E-state index in [1.54, 1.807) is 24.3 Å². The van der Waals surface area contributed by atoms with Crippen LogP contribution in [0.15, 0.2) is 40.4 Å². The van der Waals surface area contributed by atoms with Crippen LogP contribution in [-0.2, 0) is 0 Å². The third-order valence-electron chi connectivity index (χ3n) is 2.41. The number of hydrazone groups is 1. The zero-order valence-electron chi connectivity index (χ0n) is 9.98. The molecular formula is C11H13N5O3. The molecule has 1 atom stereocenters. The molecule has 8 heteroatoms. The molecule has 1 heterocycles. The number of aliphatic hydroxyl groups excluding tert-OH is 1. The summed E-state index contributed by atoms with van der Waals surface area (Å²) in [5, 5.41) is 26.6. The molecule has 0 radical (unpaired) electrons. The van der Waals surface area contributed by atoms with Gasteiger partial charge in [0, 0.05) is 6.54 Å². The Morgan fingerprint density at radius 2 is 2.26 bits per heavy atom. The largest absolute Gasteiger partial charge is 0.430 e. The van der Waals surface area contributed by atoms with Gasteiger partial charge in [0.25, 0.3) is 0 Å². The summed E-state index contributed by atoms with van der Waals surface area (Å²) in [7, 11) is 0. The molecule has 1 aliphatic rings. The lowest BCUT2D eigenvalue weighted by Crippen LogP contribution is -2.45. The summed E-state index contributed by atoms with van der Waals surface area (Å²) >= 11 is 0. The number of β-amino-alcohol motifs (C(OH)–C–C–N with tert-alkyl or cyclic N) is 1. The van der Waals surface area contributed by atoms with Gasteiger partial charge in [0.2, 0.25) is 5.84 Å². The summed E-state index contributed by atoms with van der Waals surface area (Å²) < 4.78 is 0. The van der Waals surface area contributed by atoms with Crippen LogP contribution in [0.4, 0.5) is 5.69 Å². The quantitative estimate of drug-likeness (QED) is 0.309. The van der Waals surface area contributed by atoms with Crippen molar-refractivity contribution in [1.82, 2.24) is 5.32 Å². The van der Waals surface area contributed by atoms with E-state index in [1.165, 1.54) is 0 Å². The van der Waals surface area contributed by atoms with Gasteiger partial charge in [0.15, 0.2) is 0 Å². The maximum atomic E-state index is 11.0. The van der Waals surface area contributed by atoms with Crippen molar-refractivity contribution < 1.29 is 10.0 Å². The summed E-state index contributed by atoms with van der Waals surface area (Å²) in [6.45, 7) is 0.345. The minimum atomic E-state index is -0.626. The van der Waals surface area contributed by atoms with E-state index >= 15 is 0 Å². The molecule has 0 bridgehead atoms. The number of aliphatic hydroxyl groups is 1. The van der Waals surface area contributed by atoms with Crippen molar-refractivity contribution in [3.63, 3.8) is 0 Å². The van der Waals surface area contributed by atoms with Crippen LogP contribution in [0.2, 0.25) is 0 Å². The number of para-hydroxylation sites is 1. The van der Waals surface area contributed by atoms with Crippen molar-refractivity contribution in [3.05, 3.63) is 40.4 Å². The Bertz CT molecular complexity index is 514. The Balaban J connectivity index is 2.14. The molecule has 3 N–H and O–H groups in total. The Kier molecular flexibility index (Phi) is 4.04. The highest BCUT2D eigenvalue weighted by atomic mass is 16.6. The molecule has 0 spiro atoms. The van der Waals surface area contributed by atoms with Crippen LogP contribution in [0.5, 0.6) is 0 Å². The minimum Gasteiger partial charge on any atom is -0.389 e. The highest BCUT2D eigenvalue weighted by Crippen LogP contribution is 2.05. The zero-order valence-corrected chi connectivity index (χ0v) is 9.98. The molecule has 2 rings (SSSR count). The molecule has 0 aromatic heterocycles. The van der Waals surface area contributed by atoms with Crippen molar-refractivity contribution >= 4 is 17.4 Å². The second-order valence-corrected chi connectivity index (χ2v) is 3.89. The second kappa shape index (κ2) is 5.91. The monoisotopic (exact) mass is 263 g/mol. The van der Waals surface area contributed by atoms with E-state index in [9.17, 15) is 15.2 Å². The normalized spacial score (nSPS) is 19.3. The van der Waals surface area contributed by atoms with Gasteiger partial charge in [-0.15, -0.1) is 0 Å². The lowest BCUT2D eigenvalue weighted by atomic mass is 10.3. The molecule has 1 unspecified atom stereocenters. The van der Waals surface area contributed by atoms with Crippen LogP contribution < -0.4 is 10.7 Å². The summed E-state index contributed by atoms with van der Waals surface area (Å²) in [6.07, 6.45) is -0.626. The van der Waals surface area contributed by atoms with Crippen LogP contribution in [0.25, 0.3) is 0 Å². The number of aliphatic imine (C=N–C) groups is 1. The standard InChI is InChI=1S/C11H13N5O3/c17-9-6-12-10(13-7-9)11(16(18)19)15-14-8-4-2-1-3-5-8/h1-5,9,14,17H,6-7H2,(H,12,13)/b15-11-. The van der Waals surface area contributed by atoms with Crippen molar-refractivity contribution in [2.75, 3.05) is 18.5 Å². The number of rotatable bonds is 3. The van der Waals surface area contributed by atoms with E-state index in [4.69, 9.17) is 0 Å². The van der Waals surface area contributed by atoms with Gasteiger partial charge in [-0.1, -0.05) is 18.2 Å². The first kappa shape index (κ1) is 13.0. The first-order valence-electron chi connectivity index (χ1n) is 5.66.